The fourth-order valence-corrected chi connectivity index (χ4v) is 3.18. The summed E-state index contributed by atoms with van der Waals surface area (Å²) in [5.41, 5.74) is -0.822. The maximum Gasteiger partial charge on any atom is 0.303 e. The summed E-state index contributed by atoms with van der Waals surface area (Å²) in [6, 6.07) is 0. The van der Waals surface area contributed by atoms with E-state index in [1.807, 2.05) is 20.8 Å². The van der Waals surface area contributed by atoms with E-state index in [1.54, 1.807) is 0 Å². The van der Waals surface area contributed by atoms with E-state index in [0.717, 1.165) is 25.7 Å². The highest BCUT2D eigenvalue weighted by Crippen LogP contribution is 2.43. The second kappa shape index (κ2) is 6.13. The molecule has 0 aromatic carbocycles. The fraction of sp³-hybridized carbons (Fsp3) is 0.800. The first-order chi connectivity index (χ1) is 9.87. The lowest BCUT2D eigenvalue weighted by molar-refractivity contribution is -0.139. The molecule has 0 amide bonds. The molecule has 0 atom stereocenters. The van der Waals surface area contributed by atoms with Crippen LogP contribution in [0.1, 0.15) is 64.6 Å². The van der Waals surface area contributed by atoms with Gasteiger partial charge in [0, 0.05) is 13.0 Å². The zero-order valence-electron chi connectivity index (χ0n) is 13.0. The van der Waals surface area contributed by atoms with Crippen LogP contribution in [0.2, 0.25) is 0 Å². The van der Waals surface area contributed by atoms with Crippen molar-refractivity contribution in [3.05, 3.63) is 11.7 Å². The molecule has 1 N–H and O–H groups in total. The molecule has 1 aliphatic rings. The number of rotatable bonds is 7. The molecule has 6 heteroatoms. The minimum absolute atomic E-state index is 0.166. The maximum atomic E-state index is 11.1. The van der Waals surface area contributed by atoms with Crippen molar-refractivity contribution in [1.29, 1.82) is 0 Å². The van der Waals surface area contributed by atoms with Crippen LogP contribution in [-0.4, -0.2) is 27.8 Å². The highest BCUT2D eigenvalue weighted by Gasteiger charge is 2.38. The summed E-state index contributed by atoms with van der Waals surface area (Å²) in [6.45, 7) is 6.28. The minimum atomic E-state index is -0.758. The molecule has 2 rings (SSSR count). The molecule has 0 radical (unpaired) electrons. The molecule has 0 unspecified atom stereocenters. The second-order valence-corrected chi connectivity index (χ2v) is 6.41. The van der Waals surface area contributed by atoms with E-state index in [1.165, 1.54) is 0 Å². The van der Waals surface area contributed by atoms with Gasteiger partial charge in [-0.3, -0.25) is 4.79 Å². The van der Waals surface area contributed by atoms with E-state index in [-0.39, 0.29) is 11.8 Å². The van der Waals surface area contributed by atoms with Crippen LogP contribution in [0.15, 0.2) is 4.52 Å². The molecule has 0 saturated heterocycles. The topological polar surface area (TPSA) is 85.5 Å². The van der Waals surface area contributed by atoms with Gasteiger partial charge < -0.3 is 14.4 Å². The second-order valence-electron chi connectivity index (χ2n) is 6.41. The summed E-state index contributed by atoms with van der Waals surface area (Å²) in [6.07, 6.45) is 4.66. The van der Waals surface area contributed by atoms with Crippen molar-refractivity contribution in [2.24, 2.45) is 5.41 Å². The molecule has 21 heavy (non-hydrogen) atoms. The van der Waals surface area contributed by atoms with E-state index in [0.29, 0.717) is 24.7 Å². The molecule has 0 spiro atoms. The molecule has 0 aliphatic heterocycles. The minimum Gasteiger partial charge on any atom is -0.481 e. The van der Waals surface area contributed by atoms with Gasteiger partial charge in [-0.15, -0.1) is 0 Å². The quantitative estimate of drug-likeness (QED) is 0.832. The molecular formula is C15H24N2O4. The zero-order chi connectivity index (χ0) is 15.5. The van der Waals surface area contributed by atoms with Crippen molar-refractivity contribution in [2.75, 3.05) is 6.61 Å². The van der Waals surface area contributed by atoms with Crippen LogP contribution in [0.3, 0.4) is 0 Å². The first-order valence-electron chi connectivity index (χ1n) is 7.56. The summed E-state index contributed by atoms with van der Waals surface area (Å²) < 4.78 is 10.9. The van der Waals surface area contributed by atoms with Gasteiger partial charge in [0.1, 0.15) is 5.60 Å². The van der Waals surface area contributed by atoms with Crippen molar-refractivity contribution < 1.29 is 19.2 Å². The SMILES string of the molecule is CCOC(C)(C)c1noc(CC2(CC(=O)O)CCCC2)n1. The fourth-order valence-electron chi connectivity index (χ4n) is 3.18. The molecule has 1 aromatic heterocycles. The molecule has 1 saturated carbocycles. The van der Waals surface area contributed by atoms with Crippen LogP contribution in [0, 0.1) is 5.41 Å². The highest BCUT2D eigenvalue weighted by atomic mass is 16.5. The summed E-state index contributed by atoms with van der Waals surface area (Å²) in [5.74, 6) is 0.273. The van der Waals surface area contributed by atoms with Crippen molar-refractivity contribution in [2.45, 2.75) is 64.9 Å². The van der Waals surface area contributed by atoms with E-state index < -0.39 is 11.6 Å². The van der Waals surface area contributed by atoms with E-state index in [4.69, 9.17) is 14.4 Å². The third-order valence-corrected chi connectivity index (χ3v) is 4.23. The number of carboxylic acid groups (broad SMARTS) is 1. The summed E-state index contributed by atoms with van der Waals surface area (Å²) in [7, 11) is 0. The number of ether oxygens (including phenoxy) is 1. The number of carbonyl (C=O) groups is 1. The molecule has 1 aromatic rings. The molecule has 1 fully saturated rings. The van der Waals surface area contributed by atoms with Crippen molar-refractivity contribution in [1.82, 2.24) is 10.1 Å². The number of hydrogen-bond donors (Lipinski definition) is 1. The Bertz CT molecular complexity index is 490. The van der Waals surface area contributed by atoms with Crippen LogP contribution >= 0.6 is 0 Å². The first-order valence-corrected chi connectivity index (χ1v) is 7.56. The van der Waals surface area contributed by atoms with Gasteiger partial charge in [0.05, 0.1) is 6.42 Å². The van der Waals surface area contributed by atoms with Gasteiger partial charge in [-0.1, -0.05) is 18.0 Å². The number of hydrogen-bond acceptors (Lipinski definition) is 5. The Hall–Kier alpha value is -1.43. The van der Waals surface area contributed by atoms with E-state index in [9.17, 15) is 4.79 Å². The van der Waals surface area contributed by atoms with Gasteiger partial charge in [-0.05, 0) is 39.0 Å². The average Bonchev–Trinajstić information content (AvgIpc) is 2.99. The summed E-state index contributed by atoms with van der Waals surface area (Å²) in [4.78, 5) is 15.5. The number of aromatic nitrogens is 2. The van der Waals surface area contributed by atoms with Crippen molar-refractivity contribution in [3.63, 3.8) is 0 Å². The Kier molecular flexibility index (Phi) is 4.66. The molecule has 6 nitrogen and oxygen atoms in total. The van der Waals surface area contributed by atoms with E-state index >= 15 is 0 Å². The Morgan fingerprint density at radius 3 is 2.67 bits per heavy atom. The van der Waals surface area contributed by atoms with Crippen LogP contribution in [0.4, 0.5) is 0 Å². The van der Waals surface area contributed by atoms with Crippen LogP contribution in [-0.2, 0) is 21.6 Å². The maximum absolute atomic E-state index is 11.1. The monoisotopic (exact) mass is 296 g/mol. The smallest absolute Gasteiger partial charge is 0.303 e. The standard InChI is InChI=1S/C15H24N2O4/c1-4-20-14(2,3)13-16-11(21-17-13)9-15(10-12(18)19)7-5-6-8-15/h4-10H2,1-3H3,(H,18,19). The van der Waals surface area contributed by atoms with Crippen molar-refractivity contribution in [3.8, 4) is 0 Å². The number of nitrogens with zero attached hydrogens (tertiary/aromatic N) is 2. The lowest BCUT2D eigenvalue weighted by Gasteiger charge is -2.25. The van der Waals surface area contributed by atoms with Gasteiger partial charge in [0.15, 0.2) is 0 Å². The molecular weight excluding hydrogens is 272 g/mol. The molecule has 0 bridgehead atoms. The van der Waals surface area contributed by atoms with Crippen molar-refractivity contribution >= 4 is 5.97 Å². The van der Waals surface area contributed by atoms with Crippen LogP contribution in [0.25, 0.3) is 0 Å². The molecule has 1 heterocycles. The predicted octanol–water partition coefficient (Wildman–Crippen LogP) is 2.92. The lowest BCUT2D eigenvalue weighted by atomic mass is 9.79. The Morgan fingerprint density at radius 2 is 2.10 bits per heavy atom. The largest absolute Gasteiger partial charge is 0.481 e. The predicted molar refractivity (Wildman–Crippen MR) is 75.8 cm³/mol. The van der Waals surface area contributed by atoms with E-state index in [2.05, 4.69) is 10.1 Å². The first kappa shape index (κ1) is 15.9. The van der Waals surface area contributed by atoms with Gasteiger partial charge in [-0.2, -0.15) is 4.98 Å². The third kappa shape index (κ3) is 3.81. The van der Waals surface area contributed by atoms with Gasteiger partial charge in [0.2, 0.25) is 11.7 Å². The summed E-state index contributed by atoms with van der Waals surface area (Å²) >= 11 is 0. The Labute approximate surface area is 124 Å². The molecule has 1 aliphatic carbocycles. The number of carboxylic acids is 1. The van der Waals surface area contributed by atoms with Crippen LogP contribution < -0.4 is 0 Å². The normalized spacial score (nSPS) is 18.0. The molecule has 118 valence electrons. The van der Waals surface area contributed by atoms with Gasteiger partial charge >= 0.3 is 5.97 Å². The third-order valence-electron chi connectivity index (χ3n) is 4.23. The zero-order valence-corrected chi connectivity index (χ0v) is 13.0. The Balaban J connectivity index is 2.12. The Morgan fingerprint density at radius 1 is 1.43 bits per heavy atom. The van der Waals surface area contributed by atoms with Gasteiger partial charge in [0.25, 0.3) is 0 Å². The summed E-state index contributed by atoms with van der Waals surface area (Å²) in [5, 5.41) is 13.1. The van der Waals surface area contributed by atoms with Crippen LogP contribution in [0.5, 0.6) is 0 Å². The highest BCUT2D eigenvalue weighted by molar-refractivity contribution is 5.67. The lowest BCUT2D eigenvalue weighted by Crippen LogP contribution is -2.25. The average molecular weight is 296 g/mol. The number of aliphatic carboxylic acids is 1. The van der Waals surface area contributed by atoms with Gasteiger partial charge in [-0.25, -0.2) is 0 Å².